The zero-order valence-electron chi connectivity index (χ0n) is 17.2. The smallest absolute Gasteiger partial charge is 0.283 e. The Morgan fingerprint density at radius 1 is 1.09 bits per heavy atom. The maximum absolute atomic E-state index is 12.5. The number of carbonyl (C=O) groups excluding carboxylic acids is 1. The fourth-order valence-electron chi connectivity index (χ4n) is 2.71. The zero-order chi connectivity index (χ0) is 23.5. The molecule has 0 unspecified atom stereocenters. The highest BCUT2D eigenvalue weighted by Crippen LogP contribution is 2.32. The quantitative estimate of drug-likeness (QED) is 0.321. The molecular formula is C21H20N6O3S2. The zero-order valence-corrected chi connectivity index (χ0v) is 18.8. The van der Waals surface area contributed by atoms with Gasteiger partial charge in [0.25, 0.3) is 15.9 Å². The molecule has 0 saturated heterocycles. The van der Waals surface area contributed by atoms with Gasteiger partial charge in [0, 0.05) is 5.69 Å². The number of hydrogen-bond acceptors (Lipinski definition) is 8. The van der Waals surface area contributed by atoms with Crippen LogP contribution in [0, 0.1) is 18.3 Å². The number of hydrazone groups is 1. The Morgan fingerprint density at radius 3 is 2.28 bits per heavy atom. The second-order valence-corrected chi connectivity index (χ2v) is 9.56. The van der Waals surface area contributed by atoms with Crippen molar-refractivity contribution in [3.8, 4) is 6.07 Å². The number of aryl methyl sites for hydroxylation is 1. The summed E-state index contributed by atoms with van der Waals surface area (Å²) in [6.45, 7) is 3.56. The van der Waals surface area contributed by atoms with E-state index in [2.05, 4.69) is 15.2 Å². The largest absolute Gasteiger partial charge is 0.396 e. The van der Waals surface area contributed by atoms with Crippen LogP contribution in [0.2, 0.25) is 0 Å². The van der Waals surface area contributed by atoms with Gasteiger partial charge in [-0.1, -0.05) is 29.8 Å². The van der Waals surface area contributed by atoms with E-state index < -0.39 is 15.9 Å². The van der Waals surface area contributed by atoms with Crippen LogP contribution in [0.3, 0.4) is 0 Å². The maximum Gasteiger partial charge on any atom is 0.283 e. The Hall–Kier alpha value is -3.88. The van der Waals surface area contributed by atoms with Crippen LogP contribution in [0.25, 0.3) is 0 Å². The molecule has 0 aliphatic rings. The number of amides is 1. The molecule has 1 heterocycles. The summed E-state index contributed by atoms with van der Waals surface area (Å²) in [5, 5.41) is 13.2. The van der Waals surface area contributed by atoms with Crippen molar-refractivity contribution in [2.75, 3.05) is 16.2 Å². The van der Waals surface area contributed by atoms with E-state index in [1.54, 1.807) is 55.5 Å². The van der Waals surface area contributed by atoms with Crippen LogP contribution in [0.1, 0.15) is 33.3 Å². The van der Waals surface area contributed by atoms with E-state index in [1.807, 2.05) is 13.0 Å². The second kappa shape index (κ2) is 9.09. The maximum atomic E-state index is 12.5. The van der Waals surface area contributed by atoms with Crippen LogP contribution < -0.4 is 21.6 Å². The number of carbonyl (C=O) groups is 1. The van der Waals surface area contributed by atoms with Gasteiger partial charge in [0.2, 0.25) is 0 Å². The van der Waals surface area contributed by atoms with Gasteiger partial charge in [-0.05, 0) is 43.7 Å². The lowest BCUT2D eigenvalue weighted by Crippen LogP contribution is -2.19. The van der Waals surface area contributed by atoms with Crippen molar-refractivity contribution in [2.45, 2.75) is 18.7 Å². The van der Waals surface area contributed by atoms with Crippen LogP contribution >= 0.6 is 11.3 Å². The van der Waals surface area contributed by atoms with Gasteiger partial charge in [0.05, 0.1) is 16.3 Å². The standard InChI is InChI=1S/C21H20N6O3S2/c1-12-3-9-16(10-4-12)32(29,30)27-15-7-5-14(6-8-15)13(2)25-26-21(28)19-18(23)17(11-22)20(24)31-19/h3-10,27H,23-24H2,1-2H3,(H,26,28)/b25-13+. The van der Waals surface area contributed by atoms with Gasteiger partial charge in [-0.3, -0.25) is 9.52 Å². The lowest BCUT2D eigenvalue weighted by Gasteiger charge is -2.09. The van der Waals surface area contributed by atoms with Crippen molar-refractivity contribution in [1.82, 2.24) is 5.43 Å². The second-order valence-electron chi connectivity index (χ2n) is 6.83. The highest BCUT2D eigenvalue weighted by Gasteiger charge is 2.19. The van der Waals surface area contributed by atoms with E-state index in [4.69, 9.17) is 16.7 Å². The molecule has 0 aliphatic carbocycles. The predicted octanol–water partition coefficient (Wildman–Crippen LogP) is 3.05. The third kappa shape index (κ3) is 4.88. The molecule has 0 radical (unpaired) electrons. The highest BCUT2D eigenvalue weighted by atomic mass is 32.2. The predicted molar refractivity (Wildman–Crippen MR) is 126 cm³/mol. The highest BCUT2D eigenvalue weighted by molar-refractivity contribution is 7.92. The van der Waals surface area contributed by atoms with Gasteiger partial charge in [-0.2, -0.15) is 10.4 Å². The molecule has 6 N–H and O–H groups in total. The van der Waals surface area contributed by atoms with Crippen molar-refractivity contribution in [1.29, 1.82) is 5.26 Å². The van der Waals surface area contributed by atoms with E-state index in [-0.39, 0.29) is 26.0 Å². The Labute approximate surface area is 189 Å². The lowest BCUT2D eigenvalue weighted by atomic mass is 10.1. The summed E-state index contributed by atoms with van der Waals surface area (Å²) >= 11 is 0.911. The molecular weight excluding hydrogens is 448 g/mol. The summed E-state index contributed by atoms with van der Waals surface area (Å²) in [7, 11) is -3.70. The lowest BCUT2D eigenvalue weighted by molar-refractivity contribution is 0.0959. The van der Waals surface area contributed by atoms with Gasteiger partial charge in [0.1, 0.15) is 21.5 Å². The summed E-state index contributed by atoms with van der Waals surface area (Å²) in [5.41, 5.74) is 16.5. The first-order valence-corrected chi connectivity index (χ1v) is 11.5. The minimum Gasteiger partial charge on any atom is -0.396 e. The Balaban J connectivity index is 1.70. The number of thiophene rings is 1. The Morgan fingerprint density at radius 2 is 1.72 bits per heavy atom. The van der Waals surface area contributed by atoms with Crippen LogP contribution in [-0.4, -0.2) is 20.0 Å². The van der Waals surface area contributed by atoms with Gasteiger partial charge in [0.15, 0.2) is 0 Å². The minimum atomic E-state index is -3.70. The van der Waals surface area contributed by atoms with Crippen molar-refractivity contribution in [3.63, 3.8) is 0 Å². The van der Waals surface area contributed by atoms with Crippen LogP contribution in [0.15, 0.2) is 58.5 Å². The Kier molecular flexibility index (Phi) is 6.47. The number of hydrogen-bond donors (Lipinski definition) is 4. The SMILES string of the molecule is C/C(=N\NC(=O)c1sc(N)c(C#N)c1N)c1ccc(NS(=O)(=O)c2ccc(C)cc2)cc1. The number of nitrogen functional groups attached to an aromatic ring is 2. The van der Waals surface area contributed by atoms with E-state index >= 15 is 0 Å². The molecule has 0 bridgehead atoms. The summed E-state index contributed by atoms with van der Waals surface area (Å²) < 4.78 is 27.5. The molecule has 0 spiro atoms. The van der Waals surface area contributed by atoms with Crippen molar-refractivity contribution >= 4 is 49.4 Å². The fraction of sp³-hybridized carbons (Fsp3) is 0.0952. The number of sulfonamides is 1. The van der Waals surface area contributed by atoms with Crippen LogP contribution in [0.4, 0.5) is 16.4 Å². The van der Waals surface area contributed by atoms with E-state index in [0.29, 0.717) is 17.0 Å². The van der Waals surface area contributed by atoms with Crippen molar-refractivity contribution in [2.24, 2.45) is 5.10 Å². The van der Waals surface area contributed by atoms with Crippen LogP contribution in [0.5, 0.6) is 0 Å². The van der Waals surface area contributed by atoms with Crippen LogP contribution in [-0.2, 0) is 10.0 Å². The molecule has 0 aliphatic heterocycles. The monoisotopic (exact) mass is 468 g/mol. The van der Waals surface area contributed by atoms with E-state index in [1.165, 1.54) is 0 Å². The number of nitriles is 1. The third-order valence-electron chi connectivity index (χ3n) is 4.50. The molecule has 164 valence electrons. The molecule has 0 fully saturated rings. The number of nitrogens with two attached hydrogens (primary N) is 2. The molecule has 11 heteroatoms. The van der Waals surface area contributed by atoms with Crippen molar-refractivity contribution < 1.29 is 13.2 Å². The molecule has 0 atom stereocenters. The molecule has 32 heavy (non-hydrogen) atoms. The van der Waals surface area contributed by atoms with Gasteiger partial charge in [-0.25, -0.2) is 13.8 Å². The number of nitrogens with one attached hydrogen (secondary N) is 2. The first-order chi connectivity index (χ1) is 15.1. The fourth-order valence-corrected chi connectivity index (χ4v) is 4.59. The van der Waals surface area contributed by atoms with E-state index in [0.717, 1.165) is 16.9 Å². The average molecular weight is 469 g/mol. The third-order valence-corrected chi connectivity index (χ3v) is 6.93. The van der Waals surface area contributed by atoms with Gasteiger partial charge in [-0.15, -0.1) is 11.3 Å². The number of anilines is 3. The molecule has 0 saturated carbocycles. The van der Waals surface area contributed by atoms with Gasteiger partial charge < -0.3 is 11.5 Å². The summed E-state index contributed by atoms with van der Waals surface area (Å²) in [5.74, 6) is -0.581. The van der Waals surface area contributed by atoms with Gasteiger partial charge >= 0.3 is 0 Å². The normalized spacial score (nSPS) is 11.6. The molecule has 3 aromatic rings. The summed E-state index contributed by atoms with van der Waals surface area (Å²) in [4.78, 5) is 12.6. The van der Waals surface area contributed by atoms with E-state index in [9.17, 15) is 13.2 Å². The molecule has 1 aromatic heterocycles. The molecule has 2 aromatic carbocycles. The average Bonchev–Trinajstić information content (AvgIpc) is 3.05. The topological polar surface area (TPSA) is 163 Å². The molecule has 3 rings (SSSR count). The number of rotatable bonds is 6. The number of nitrogens with zero attached hydrogens (tertiary/aromatic N) is 2. The summed E-state index contributed by atoms with van der Waals surface area (Å²) in [6, 6.07) is 14.9. The first-order valence-electron chi connectivity index (χ1n) is 9.24. The minimum absolute atomic E-state index is 0.0190. The Bertz CT molecular complexity index is 1340. The van der Waals surface area contributed by atoms with Crippen molar-refractivity contribution in [3.05, 3.63) is 70.1 Å². The first kappa shape index (κ1) is 22.8. The number of benzene rings is 2. The molecule has 1 amide bonds. The molecule has 9 nitrogen and oxygen atoms in total. The summed E-state index contributed by atoms with van der Waals surface area (Å²) in [6.07, 6.45) is 0.